The van der Waals surface area contributed by atoms with Crippen LogP contribution in [0.15, 0.2) is 57.9 Å². The summed E-state index contributed by atoms with van der Waals surface area (Å²) in [5, 5.41) is 8.93. The van der Waals surface area contributed by atoms with Crippen LogP contribution >= 0.6 is 0 Å². The van der Waals surface area contributed by atoms with Crippen molar-refractivity contribution < 1.29 is 13.9 Å². The van der Waals surface area contributed by atoms with Crippen molar-refractivity contribution >= 4 is 16.8 Å². The summed E-state index contributed by atoms with van der Waals surface area (Å²) in [5.74, 6) is 0.448. The van der Waals surface area contributed by atoms with Gasteiger partial charge in [-0.05, 0) is 61.6 Å². The number of ether oxygens (including phenoxy) is 1. The van der Waals surface area contributed by atoms with E-state index in [2.05, 4.69) is 67.3 Å². The average Bonchev–Trinajstić information content (AvgIpc) is 3.36. The van der Waals surface area contributed by atoms with E-state index in [1.165, 1.54) is 5.56 Å². The van der Waals surface area contributed by atoms with Crippen LogP contribution in [-0.4, -0.2) is 51.9 Å². The number of benzene rings is 2. The largest absolute Gasteiger partial charge is 0.490 e. The Kier molecular flexibility index (Phi) is 7.40. The van der Waals surface area contributed by atoms with Crippen LogP contribution in [0.3, 0.4) is 0 Å². The van der Waals surface area contributed by atoms with Crippen LogP contribution in [0.25, 0.3) is 11.0 Å². The van der Waals surface area contributed by atoms with Gasteiger partial charge in [0.15, 0.2) is 5.78 Å². The molecule has 0 aliphatic carbocycles. The molecule has 0 bridgehead atoms. The van der Waals surface area contributed by atoms with Gasteiger partial charge in [0.05, 0.1) is 12.7 Å². The fraction of sp³-hybridized carbons (Fsp3) is 0.419. The number of carbonyl (C=O) groups excluding carboxylic acids is 1. The number of hydrogen-bond acceptors (Lipinski definition) is 7. The second-order valence-corrected chi connectivity index (χ2v) is 11.6. The van der Waals surface area contributed by atoms with Gasteiger partial charge in [-0.25, -0.2) is 9.48 Å². The van der Waals surface area contributed by atoms with E-state index < -0.39 is 5.63 Å². The van der Waals surface area contributed by atoms with Crippen molar-refractivity contribution in [3.8, 4) is 5.75 Å². The Bertz CT molecular complexity index is 1540. The number of fused-ring (bicyclic) bond motifs is 1. The number of Topliss-reactive ketones (excluding diaryl/α,β-unsaturated/α-hetero) is 1. The van der Waals surface area contributed by atoms with Crippen molar-refractivity contribution in [1.82, 2.24) is 19.9 Å². The Morgan fingerprint density at radius 3 is 2.51 bits per heavy atom. The van der Waals surface area contributed by atoms with Crippen molar-refractivity contribution in [3.63, 3.8) is 0 Å². The third kappa shape index (κ3) is 6.11. The second-order valence-electron chi connectivity index (χ2n) is 11.6. The first kappa shape index (κ1) is 26.8. The number of hydrogen-bond donors (Lipinski definition) is 0. The van der Waals surface area contributed by atoms with Crippen LogP contribution in [0.1, 0.15) is 66.4 Å². The molecule has 0 unspecified atom stereocenters. The predicted octanol–water partition coefficient (Wildman–Crippen LogP) is 4.94. The zero-order chi connectivity index (χ0) is 27.7. The third-order valence-electron chi connectivity index (χ3n) is 7.47. The number of piperidine rings is 1. The SMILES string of the molecule is Cc1c(OC2CCN(C)CC2)ccc2cc(CC(=O)c3cn(Cc4ccc(C(C)(C)C)cc4)nn3)c(=O)oc12. The average molecular weight is 529 g/mol. The molecule has 3 heterocycles. The van der Waals surface area contributed by atoms with Gasteiger partial charge < -0.3 is 14.1 Å². The van der Waals surface area contributed by atoms with Crippen LogP contribution in [0.5, 0.6) is 5.75 Å². The van der Waals surface area contributed by atoms with Gasteiger partial charge >= 0.3 is 5.63 Å². The second kappa shape index (κ2) is 10.8. The van der Waals surface area contributed by atoms with Crippen LogP contribution in [0, 0.1) is 6.92 Å². The van der Waals surface area contributed by atoms with Gasteiger partial charge in [-0.15, -0.1) is 5.10 Å². The maximum Gasteiger partial charge on any atom is 0.339 e. The van der Waals surface area contributed by atoms with Gasteiger partial charge in [0.2, 0.25) is 0 Å². The molecule has 8 heteroatoms. The quantitative estimate of drug-likeness (QED) is 0.248. The lowest BCUT2D eigenvalue weighted by Gasteiger charge is -2.29. The summed E-state index contributed by atoms with van der Waals surface area (Å²) in [7, 11) is 2.11. The summed E-state index contributed by atoms with van der Waals surface area (Å²) in [6, 6.07) is 13.9. The van der Waals surface area contributed by atoms with Crippen molar-refractivity contribution in [2.75, 3.05) is 20.1 Å². The number of carbonyl (C=O) groups is 1. The fourth-order valence-electron chi connectivity index (χ4n) is 4.95. The molecule has 0 spiro atoms. The minimum Gasteiger partial charge on any atom is -0.490 e. The Morgan fingerprint density at radius 2 is 1.82 bits per heavy atom. The summed E-state index contributed by atoms with van der Waals surface area (Å²) >= 11 is 0. The summed E-state index contributed by atoms with van der Waals surface area (Å²) < 4.78 is 13.6. The lowest BCUT2D eigenvalue weighted by Crippen LogP contribution is -2.35. The summed E-state index contributed by atoms with van der Waals surface area (Å²) in [4.78, 5) is 28.1. The molecule has 204 valence electrons. The third-order valence-corrected chi connectivity index (χ3v) is 7.47. The first-order chi connectivity index (χ1) is 18.6. The number of likely N-dealkylation sites (tertiary alicyclic amines) is 1. The molecular weight excluding hydrogens is 492 g/mol. The van der Waals surface area contributed by atoms with E-state index in [-0.39, 0.29) is 29.4 Å². The van der Waals surface area contributed by atoms with Gasteiger partial charge in [-0.1, -0.05) is 50.3 Å². The molecular formula is C31H36N4O4. The van der Waals surface area contributed by atoms with Crippen molar-refractivity contribution in [3.05, 3.63) is 87.0 Å². The first-order valence-corrected chi connectivity index (χ1v) is 13.5. The molecule has 1 aliphatic rings. The van der Waals surface area contributed by atoms with Crippen LogP contribution in [0.2, 0.25) is 0 Å². The summed E-state index contributed by atoms with van der Waals surface area (Å²) in [5.41, 5.74) is 3.68. The highest BCUT2D eigenvalue weighted by Crippen LogP contribution is 2.29. The summed E-state index contributed by atoms with van der Waals surface area (Å²) in [6.07, 6.45) is 3.60. The number of rotatable bonds is 7. The smallest absolute Gasteiger partial charge is 0.339 e. The Hall–Kier alpha value is -3.78. The zero-order valence-electron chi connectivity index (χ0n) is 23.4. The maximum atomic E-state index is 13.0. The molecule has 0 amide bonds. The maximum absolute atomic E-state index is 13.0. The van der Waals surface area contributed by atoms with Gasteiger partial charge in [0, 0.05) is 36.0 Å². The van der Waals surface area contributed by atoms with E-state index in [9.17, 15) is 9.59 Å². The number of aryl methyl sites for hydroxylation is 1. The molecule has 2 aromatic carbocycles. The van der Waals surface area contributed by atoms with E-state index >= 15 is 0 Å². The van der Waals surface area contributed by atoms with Crippen LogP contribution in [0.4, 0.5) is 0 Å². The fourth-order valence-corrected chi connectivity index (χ4v) is 4.95. The standard InChI is InChI=1S/C31H36N4O4/c1-20-28(38-25-12-14-34(5)15-13-25)11-8-22-16-23(30(37)39-29(20)22)17-27(36)26-19-35(33-32-26)18-21-6-9-24(10-7-21)31(2,3)4/h6-11,16,19,25H,12-15,17-18H2,1-5H3. The molecule has 1 aliphatic heterocycles. The Balaban J connectivity index is 1.27. The molecule has 0 radical (unpaired) electrons. The lowest BCUT2D eigenvalue weighted by atomic mass is 9.87. The van der Waals surface area contributed by atoms with Crippen LogP contribution in [-0.2, 0) is 18.4 Å². The van der Waals surface area contributed by atoms with E-state index in [0.29, 0.717) is 17.7 Å². The van der Waals surface area contributed by atoms with E-state index in [1.807, 2.05) is 19.1 Å². The van der Waals surface area contributed by atoms with E-state index in [1.54, 1.807) is 16.9 Å². The van der Waals surface area contributed by atoms with Crippen molar-refractivity contribution in [2.24, 2.45) is 0 Å². The lowest BCUT2D eigenvalue weighted by molar-refractivity contribution is 0.0987. The molecule has 39 heavy (non-hydrogen) atoms. The van der Waals surface area contributed by atoms with Crippen LogP contribution < -0.4 is 10.4 Å². The zero-order valence-corrected chi connectivity index (χ0v) is 23.4. The van der Waals surface area contributed by atoms with Gasteiger partial charge in [-0.3, -0.25) is 4.79 Å². The monoisotopic (exact) mass is 528 g/mol. The molecule has 0 N–H and O–H groups in total. The molecule has 0 saturated carbocycles. The highest BCUT2D eigenvalue weighted by molar-refractivity contribution is 5.95. The van der Waals surface area contributed by atoms with Crippen molar-refractivity contribution in [1.29, 1.82) is 0 Å². The highest BCUT2D eigenvalue weighted by Gasteiger charge is 2.21. The first-order valence-electron chi connectivity index (χ1n) is 13.5. The number of ketones is 1. The normalized spacial score (nSPS) is 15.1. The highest BCUT2D eigenvalue weighted by atomic mass is 16.5. The molecule has 1 saturated heterocycles. The van der Waals surface area contributed by atoms with Gasteiger partial charge in [0.25, 0.3) is 0 Å². The number of aromatic nitrogens is 3. The predicted molar refractivity (Wildman–Crippen MR) is 151 cm³/mol. The Morgan fingerprint density at radius 1 is 1.10 bits per heavy atom. The Labute approximate surface area is 228 Å². The molecule has 8 nitrogen and oxygen atoms in total. The minimum atomic E-state index is -0.526. The summed E-state index contributed by atoms with van der Waals surface area (Å²) in [6.45, 7) is 10.9. The van der Waals surface area contributed by atoms with E-state index in [0.717, 1.165) is 48.2 Å². The molecule has 4 aromatic rings. The van der Waals surface area contributed by atoms with Gasteiger partial charge in [-0.2, -0.15) is 0 Å². The number of nitrogens with zero attached hydrogens (tertiary/aromatic N) is 4. The topological polar surface area (TPSA) is 90.5 Å². The molecule has 1 fully saturated rings. The molecule has 2 aromatic heterocycles. The van der Waals surface area contributed by atoms with Gasteiger partial charge in [0.1, 0.15) is 23.1 Å². The molecule has 5 rings (SSSR count). The molecule has 0 atom stereocenters. The van der Waals surface area contributed by atoms with E-state index in [4.69, 9.17) is 9.15 Å². The van der Waals surface area contributed by atoms with Crippen molar-refractivity contribution in [2.45, 2.75) is 65.0 Å². The minimum absolute atomic E-state index is 0.0854.